The molecule has 0 bridgehead atoms. The van der Waals surface area contributed by atoms with Gasteiger partial charge in [-0.05, 0) is 268 Å². The molecule has 0 fully saturated rings. The Morgan fingerprint density at radius 1 is 0.353 bits per heavy atom. The second-order valence-electron chi connectivity index (χ2n) is 28.8. The van der Waals surface area contributed by atoms with Crippen molar-refractivity contribution in [2.24, 2.45) is 0 Å². The molecular weight excluding hydrogens is 1600 g/mol. The van der Waals surface area contributed by atoms with Gasteiger partial charge in [0.2, 0.25) is 0 Å². The maximum absolute atomic E-state index is 14.8. The summed E-state index contributed by atoms with van der Waals surface area (Å²) in [6, 6.07) is 47.3. The van der Waals surface area contributed by atoms with Gasteiger partial charge in [0.05, 0.1) is 81.4 Å². The molecule has 0 aliphatic carbocycles. The third kappa shape index (κ3) is 18.0. The second kappa shape index (κ2) is 36.3. The molecule has 16 rings (SSSR count). The van der Waals surface area contributed by atoms with Crippen LogP contribution in [0.15, 0.2) is 243 Å². The van der Waals surface area contributed by atoms with Crippen molar-refractivity contribution in [1.82, 2.24) is 58.8 Å². The van der Waals surface area contributed by atoms with Crippen LogP contribution in [0.1, 0.15) is 101 Å². The second-order valence-corrected chi connectivity index (χ2v) is 30.0. The molecule has 0 aliphatic rings. The first kappa shape index (κ1) is 84.1. The summed E-state index contributed by atoms with van der Waals surface area (Å²) >= 11 is 10.3. The van der Waals surface area contributed by atoms with E-state index in [9.17, 15) is 17.6 Å². The summed E-state index contributed by atoms with van der Waals surface area (Å²) in [5, 5.41) is 17.0. The Hall–Kier alpha value is -12.9. The minimum atomic E-state index is -4.51. The van der Waals surface area contributed by atoms with E-state index in [4.69, 9.17) is 29.7 Å². The van der Waals surface area contributed by atoms with Crippen LogP contribution in [0.2, 0.25) is 5.02 Å². The molecule has 0 aliphatic heterocycles. The van der Waals surface area contributed by atoms with E-state index in [-0.39, 0.29) is 11.5 Å². The molecule has 8 aromatic carbocycles. The Morgan fingerprint density at radius 3 is 0.924 bits per heavy atom. The van der Waals surface area contributed by atoms with Gasteiger partial charge in [-0.1, -0.05) is 80.8 Å². The number of aromatic nitrogens is 12. The first-order chi connectivity index (χ1) is 57.2. The summed E-state index contributed by atoms with van der Waals surface area (Å²) in [6.07, 6.45) is 15.6. The summed E-state index contributed by atoms with van der Waals surface area (Å²) in [5.74, 6) is 2.86. The van der Waals surface area contributed by atoms with E-state index in [0.29, 0.717) is 35.2 Å². The van der Waals surface area contributed by atoms with Gasteiger partial charge < -0.3 is 56.0 Å². The van der Waals surface area contributed by atoms with Crippen LogP contribution in [0.4, 0.5) is 63.1 Å². The summed E-state index contributed by atoms with van der Waals surface area (Å²) in [4.78, 5) is 24.7. The zero-order valence-corrected chi connectivity index (χ0v) is 71.5. The number of hydrogen-bond donors (Lipinski definition) is 0. The fourth-order valence-corrected chi connectivity index (χ4v) is 16.0. The number of rotatable bonds is 20. The molecule has 0 amide bonds. The number of benzene rings is 8. The molecule has 119 heavy (non-hydrogen) atoms. The van der Waals surface area contributed by atoms with Crippen LogP contribution >= 0.6 is 27.5 Å². The van der Waals surface area contributed by atoms with Crippen molar-refractivity contribution in [2.45, 2.75) is 117 Å². The number of aryl methyl sites for hydroxylation is 12. The van der Waals surface area contributed by atoms with Crippen molar-refractivity contribution >= 4 is 73.0 Å². The monoisotopic (exact) mass is 1690 g/mol. The van der Waals surface area contributed by atoms with Crippen LogP contribution in [-0.2, 0) is 6.18 Å². The van der Waals surface area contributed by atoms with Gasteiger partial charge in [-0.25, -0.2) is 24.3 Å². The third-order valence-corrected chi connectivity index (χ3v) is 21.9. The molecule has 26 heteroatoms. The van der Waals surface area contributed by atoms with Crippen LogP contribution in [0.5, 0.6) is 0 Å². The van der Waals surface area contributed by atoms with Gasteiger partial charge in [-0.2, -0.15) is 13.2 Å². The first-order valence-electron chi connectivity index (χ1n) is 39.0. The van der Waals surface area contributed by atoms with E-state index in [1.165, 1.54) is 52.2 Å². The number of imidazole rings is 4. The zero-order chi connectivity index (χ0) is 84.7. The lowest BCUT2D eigenvalue weighted by Crippen LogP contribution is -2.19. The van der Waals surface area contributed by atoms with Gasteiger partial charge in [0.1, 0.15) is 28.9 Å². The molecule has 0 spiro atoms. The third-order valence-electron chi connectivity index (χ3n) is 21.0. The standard InChI is InChI=1S/C24H23F3N4O.C23H23BrN4O.C23H23ClN4O.C23H23FN4O/c1-5-31(22-12-18(7-6-15(22)2)23-16(3)29-32-17(23)4)19-8-9-21(30-11-10-28-14-30)20(13-19)24(25,26)27;3*1-5-28(19-8-9-21(20(24)13-19)27-11-10-25-14-27)22-12-18(7-6-15(22)2)23-16(3)26-29-17(23)4/h6-14H,5H2,1-4H3;3*6-14H,5H2,1-4H3. The molecule has 610 valence electrons. The molecule has 20 nitrogen and oxygen atoms in total. The van der Waals surface area contributed by atoms with E-state index in [2.05, 4.69) is 192 Å². The average Bonchev–Trinajstić information content (AvgIpc) is 1.57. The lowest BCUT2D eigenvalue weighted by Gasteiger charge is -2.27. The van der Waals surface area contributed by atoms with E-state index in [0.717, 1.165) is 159 Å². The molecule has 8 heterocycles. The van der Waals surface area contributed by atoms with Crippen molar-refractivity contribution in [2.75, 3.05) is 45.8 Å². The maximum Gasteiger partial charge on any atom is 0.418 e. The Morgan fingerprint density at radius 2 is 0.639 bits per heavy atom. The summed E-state index contributed by atoms with van der Waals surface area (Å²) < 4.78 is 86.0. The van der Waals surface area contributed by atoms with Gasteiger partial charge in [0.15, 0.2) is 0 Å². The lowest BCUT2D eigenvalue weighted by atomic mass is 10.0. The Bertz CT molecular complexity index is 5670. The van der Waals surface area contributed by atoms with Crippen molar-refractivity contribution in [3.05, 3.63) is 309 Å². The van der Waals surface area contributed by atoms with Gasteiger partial charge in [0.25, 0.3) is 0 Å². The minimum absolute atomic E-state index is 0.0380. The number of anilines is 8. The highest BCUT2D eigenvalue weighted by molar-refractivity contribution is 9.10. The van der Waals surface area contributed by atoms with Crippen molar-refractivity contribution in [3.63, 3.8) is 0 Å². The first-order valence-corrected chi connectivity index (χ1v) is 40.1. The Labute approximate surface area is 702 Å². The van der Waals surface area contributed by atoms with E-state index in [1.54, 1.807) is 66.5 Å². The molecule has 0 saturated heterocycles. The topological polar surface area (TPSA) is 188 Å². The Balaban J connectivity index is 0.000000137. The molecule has 8 aromatic heterocycles. The molecular formula is C93H92BrClF4N16O4. The van der Waals surface area contributed by atoms with Gasteiger partial charge >= 0.3 is 6.18 Å². The quantitative estimate of drug-likeness (QED) is 0.0655. The smallest absolute Gasteiger partial charge is 0.361 e. The van der Waals surface area contributed by atoms with Crippen LogP contribution in [0.3, 0.4) is 0 Å². The molecule has 0 radical (unpaired) electrons. The van der Waals surface area contributed by atoms with Gasteiger partial charge in [0, 0.05) is 148 Å². The fraction of sp³-hybridized carbons (Fsp3) is 0.226. The summed E-state index contributed by atoms with van der Waals surface area (Å²) in [5.41, 5.74) is 25.5. The normalized spacial score (nSPS) is 11.2. The molecule has 16 aromatic rings. The van der Waals surface area contributed by atoms with E-state index >= 15 is 0 Å². The molecule has 0 unspecified atom stereocenters. The Kier molecular flexibility index (Phi) is 25.7. The molecule has 0 atom stereocenters. The van der Waals surface area contributed by atoms with Gasteiger partial charge in [-0.3, -0.25) is 0 Å². The number of alkyl halides is 3. The van der Waals surface area contributed by atoms with Gasteiger partial charge in [-0.15, -0.1) is 0 Å². The zero-order valence-electron chi connectivity index (χ0n) is 69.2. The summed E-state index contributed by atoms with van der Waals surface area (Å²) in [6.45, 7) is 34.8. The molecule has 0 saturated carbocycles. The average molecular weight is 1690 g/mol. The summed E-state index contributed by atoms with van der Waals surface area (Å²) in [7, 11) is 0. The van der Waals surface area contributed by atoms with Crippen molar-refractivity contribution in [1.29, 1.82) is 0 Å². The number of halogens is 6. The number of nitrogens with zero attached hydrogens (tertiary/aromatic N) is 16. The highest BCUT2D eigenvalue weighted by atomic mass is 79.9. The van der Waals surface area contributed by atoms with Crippen LogP contribution in [0, 0.1) is 88.9 Å². The number of hydrogen-bond acceptors (Lipinski definition) is 16. The van der Waals surface area contributed by atoms with E-state index < -0.39 is 11.7 Å². The van der Waals surface area contributed by atoms with Crippen molar-refractivity contribution < 1.29 is 35.7 Å². The van der Waals surface area contributed by atoms with E-state index in [1.807, 2.05) is 132 Å². The van der Waals surface area contributed by atoms with Crippen LogP contribution in [-0.4, -0.2) is 85.0 Å². The highest BCUT2D eigenvalue weighted by Gasteiger charge is 2.35. The SMILES string of the molecule is CCN(c1ccc(-n2ccnc2)c(Br)c1)c1cc(-c2c(C)noc2C)ccc1C.CCN(c1ccc(-n2ccnc2)c(C(F)(F)F)c1)c1cc(-c2c(C)noc2C)ccc1C.CCN(c1ccc(-n2ccnc2)c(Cl)c1)c1cc(-c2c(C)noc2C)ccc1C.CCN(c1ccc(-n2ccnc2)c(F)c1)c1cc(-c2c(C)noc2C)ccc1C. The van der Waals surface area contributed by atoms with Crippen molar-refractivity contribution in [3.8, 4) is 67.3 Å². The van der Waals surface area contributed by atoms with Crippen LogP contribution < -0.4 is 19.6 Å². The highest BCUT2D eigenvalue weighted by Crippen LogP contribution is 2.44. The maximum atomic E-state index is 14.8. The minimum Gasteiger partial charge on any atom is -0.361 e. The fourth-order valence-electron chi connectivity index (χ4n) is 15.1. The lowest BCUT2D eigenvalue weighted by molar-refractivity contribution is -0.137. The van der Waals surface area contributed by atoms with Crippen LogP contribution in [0.25, 0.3) is 67.3 Å². The predicted octanol–water partition coefficient (Wildman–Crippen LogP) is 25.0. The molecule has 0 N–H and O–H groups in total. The largest absolute Gasteiger partial charge is 0.418 e. The predicted molar refractivity (Wildman–Crippen MR) is 467 cm³/mol.